The summed E-state index contributed by atoms with van der Waals surface area (Å²) in [7, 11) is 1.75. The van der Waals surface area contributed by atoms with E-state index < -0.39 is 5.60 Å². The molecule has 0 atom stereocenters. The topological polar surface area (TPSA) is 29.5 Å². The molecule has 1 aliphatic rings. The van der Waals surface area contributed by atoms with Crippen LogP contribution >= 0.6 is 0 Å². The number of benzene rings is 1. The molecule has 0 aromatic heterocycles. The van der Waals surface area contributed by atoms with Gasteiger partial charge in [0.25, 0.3) is 0 Å². The zero-order valence-electron chi connectivity index (χ0n) is 11.0. The lowest BCUT2D eigenvalue weighted by molar-refractivity contribution is 0.0228. The zero-order valence-corrected chi connectivity index (χ0v) is 11.0. The van der Waals surface area contributed by atoms with E-state index in [9.17, 15) is 5.11 Å². The molecule has 0 heterocycles. The molecule has 0 bridgehead atoms. The molecule has 1 aliphatic carbocycles. The van der Waals surface area contributed by atoms with Crippen molar-refractivity contribution in [2.24, 2.45) is 0 Å². The van der Waals surface area contributed by atoms with E-state index in [1.807, 2.05) is 6.07 Å². The highest BCUT2D eigenvalue weighted by Gasteiger charge is 2.40. The van der Waals surface area contributed by atoms with Crippen molar-refractivity contribution in [1.29, 1.82) is 0 Å². The van der Waals surface area contributed by atoms with Crippen molar-refractivity contribution >= 4 is 0 Å². The Hall–Kier alpha value is -0.860. The van der Waals surface area contributed by atoms with Crippen LogP contribution in [0, 0.1) is 0 Å². The van der Waals surface area contributed by atoms with Crippen molar-refractivity contribution in [2.75, 3.05) is 7.11 Å². The maximum Gasteiger partial charge on any atom is 0.0690 e. The number of ether oxygens (including phenoxy) is 1. The van der Waals surface area contributed by atoms with Crippen molar-refractivity contribution in [3.63, 3.8) is 0 Å². The van der Waals surface area contributed by atoms with Crippen LogP contribution in [-0.2, 0) is 17.6 Å². The lowest BCUT2D eigenvalue weighted by Gasteiger charge is -2.24. The van der Waals surface area contributed by atoms with Crippen LogP contribution in [0.15, 0.2) is 24.3 Å². The molecular weight excluding hydrogens is 212 g/mol. The third-order valence-electron chi connectivity index (χ3n) is 3.63. The van der Waals surface area contributed by atoms with Crippen LogP contribution in [0.1, 0.15) is 37.8 Å². The van der Waals surface area contributed by atoms with Gasteiger partial charge < -0.3 is 9.84 Å². The lowest BCUT2D eigenvalue weighted by atomic mass is 9.92. The van der Waals surface area contributed by atoms with Crippen LogP contribution in [0.3, 0.4) is 0 Å². The molecule has 0 unspecified atom stereocenters. The summed E-state index contributed by atoms with van der Waals surface area (Å²) in [4.78, 5) is 0. The summed E-state index contributed by atoms with van der Waals surface area (Å²) in [5.74, 6) is 0. The maximum absolute atomic E-state index is 10.0. The van der Waals surface area contributed by atoms with Gasteiger partial charge in [0.2, 0.25) is 0 Å². The Morgan fingerprint density at radius 1 is 1.24 bits per heavy atom. The van der Waals surface area contributed by atoms with Gasteiger partial charge in [-0.1, -0.05) is 24.3 Å². The normalized spacial score (nSPS) is 18.1. The van der Waals surface area contributed by atoms with Crippen LogP contribution < -0.4 is 0 Å². The van der Waals surface area contributed by atoms with Crippen molar-refractivity contribution in [2.45, 2.75) is 50.7 Å². The van der Waals surface area contributed by atoms with E-state index in [0.717, 1.165) is 25.7 Å². The van der Waals surface area contributed by atoms with Gasteiger partial charge in [-0.3, -0.25) is 0 Å². The smallest absolute Gasteiger partial charge is 0.0690 e. The van der Waals surface area contributed by atoms with Crippen molar-refractivity contribution in [3.8, 4) is 0 Å². The van der Waals surface area contributed by atoms with Gasteiger partial charge in [0.15, 0.2) is 0 Å². The van der Waals surface area contributed by atoms with Gasteiger partial charge >= 0.3 is 0 Å². The number of hydrogen-bond acceptors (Lipinski definition) is 2. The first kappa shape index (κ1) is 12.6. The average molecular weight is 234 g/mol. The predicted octanol–water partition coefficient (Wildman–Crippen LogP) is 2.72. The molecular formula is C15H22O2. The maximum atomic E-state index is 10.0. The van der Waals surface area contributed by atoms with Crippen LogP contribution in [0.2, 0.25) is 0 Å². The average Bonchev–Trinajstić information content (AvgIpc) is 2.99. The summed E-state index contributed by atoms with van der Waals surface area (Å²) in [5, 5.41) is 10.0. The summed E-state index contributed by atoms with van der Waals surface area (Å²) in [5.41, 5.74) is 1.98. The summed E-state index contributed by atoms with van der Waals surface area (Å²) < 4.78 is 5.48. The Morgan fingerprint density at radius 2 is 1.82 bits per heavy atom. The van der Waals surface area contributed by atoms with Gasteiger partial charge in [-0.15, -0.1) is 0 Å². The minimum absolute atomic E-state index is 0.151. The number of hydrogen-bond donors (Lipinski definition) is 1. The van der Waals surface area contributed by atoms with Gasteiger partial charge in [0.1, 0.15) is 0 Å². The Kier molecular flexibility index (Phi) is 3.28. The minimum Gasteiger partial charge on any atom is -0.390 e. The van der Waals surface area contributed by atoms with Crippen LogP contribution in [0.5, 0.6) is 0 Å². The highest BCUT2D eigenvalue weighted by Crippen LogP contribution is 2.39. The van der Waals surface area contributed by atoms with Crippen LogP contribution in [0.4, 0.5) is 0 Å². The van der Waals surface area contributed by atoms with E-state index in [0.29, 0.717) is 0 Å². The van der Waals surface area contributed by atoms with Gasteiger partial charge in [-0.05, 0) is 37.8 Å². The monoisotopic (exact) mass is 234 g/mol. The molecule has 1 N–H and O–H groups in total. The molecule has 1 aromatic rings. The molecule has 2 heteroatoms. The first-order valence-electron chi connectivity index (χ1n) is 6.28. The van der Waals surface area contributed by atoms with E-state index in [-0.39, 0.29) is 5.60 Å². The highest BCUT2D eigenvalue weighted by atomic mass is 16.5. The molecule has 1 saturated carbocycles. The van der Waals surface area contributed by atoms with E-state index in [1.54, 1.807) is 7.11 Å². The zero-order chi connectivity index (χ0) is 12.5. The summed E-state index contributed by atoms with van der Waals surface area (Å²) >= 11 is 0. The second-order valence-electron chi connectivity index (χ2n) is 5.81. The van der Waals surface area contributed by atoms with Crippen molar-refractivity contribution < 1.29 is 9.84 Å². The molecule has 0 spiro atoms. The van der Waals surface area contributed by atoms with E-state index >= 15 is 0 Å². The molecule has 1 aromatic carbocycles. The third kappa shape index (κ3) is 3.30. The molecule has 1 fully saturated rings. The van der Waals surface area contributed by atoms with Gasteiger partial charge in [-0.2, -0.15) is 0 Å². The molecule has 0 amide bonds. The van der Waals surface area contributed by atoms with Crippen LogP contribution in [0.25, 0.3) is 0 Å². The predicted molar refractivity (Wildman–Crippen MR) is 69.1 cm³/mol. The first-order valence-corrected chi connectivity index (χ1v) is 6.28. The fourth-order valence-corrected chi connectivity index (χ4v) is 2.11. The molecule has 0 saturated heterocycles. The third-order valence-corrected chi connectivity index (χ3v) is 3.63. The number of methoxy groups -OCH3 is 1. The Labute approximate surface area is 104 Å². The van der Waals surface area contributed by atoms with Crippen molar-refractivity contribution in [1.82, 2.24) is 0 Å². The second-order valence-corrected chi connectivity index (χ2v) is 5.81. The lowest BCUT2D eigenvalue weighted by Crippen LogP contribution is -2.26. The highest BCUT2D eigenvalue weighted by molar-refractivity contribution is 5.30. The van der Waals surface area contributed by atoms with Crippen LogP contribution in [-0.4, -0.2) is 23.4 Å². The molecule has 94 valence electrons. The number of rotatable bonds is 5. The Morgan fingerprint density at radius 3 is 2.35 bits per heavy atom. The molecule has 0 radical (unpaired) electrons. The summed E-state index contributed by atoms with van der Waals surface area (Å²) in [6, 6.07) is 8.37. The standard InChI is InChI=1S/C15H22O2/c1-14(2,17-3)10-12-6-4-5-7-13(12)11-15(16)8-9-15/h4-7,16H,8-11H2,1-3H3. The SMILES string of the molecule is COC(C)(C)Cc1ccccc1CC1(O)CC1. The van der Waals surface area contributed by atoms with Gasteiger partial charge in [0, 0.05) is 20.0 Å². The quantitative estimate of drug-likeness (QED) is 0.849. The van der Waals surface area contributed by atoms with E-state index in [1.165, 1.54) is 11.1 Å². The molecule has 2 nitrogen and oxygen atoms in total. The fraction of sp³-hybridized carbons (Fsp3) is 0.600. The second kappa shape index (κ2) is 4.43. The largest absolute Gasteiger partial charge is 0.390 e. The fourth-order valence-electron chi connectivity index (χ4n) is 2.11. The Balaban J connectivity index is 2.15. The molecule has 17 heavy (non-hydrogen) atoms. The molecule has 2 rings (SSSR count). The van der Waals surface area contributed by atoms with Gasteiger partial charge in [0.05, 0.1) is 11.2 Å². The van der Waals surface area contributed by atoms with Gasteiger partial charge in [-0.25, -0.2) is 0 Å². The summed E-state index contributed by atoms with van der Waals surface area (Å²) in [6.07, 6.45) is 3.54. The summed E-state index contributed by atoms with van der Waals surface area (Å²) in [6.45, 7) is 4.19. The van der Waals surface area contributed by atoms with Crippen molar-refractivity contribution in [3.05, 3.63) is 35.4 Å². The molecule has 0 aliphatic heterocycles. The van der Waals surface area contributed by atoms with E-state index in [4.69, 9.17) is 4.74 Å². The van der Waals surface area contributed by atoms with E-state index in [2.05, 4.69) is 32.0 Å². The number of aliphatic hydroxyl groups is 1. The first-order chi connectivity index (χ1) is 7.94. The minimum atomic E-state index is -0.423. The Bertz CT molecular complexity index is 392.